The molecular formula is C31H38N4O6. The molecule has 4 rings (SSSR count). The second kappa shape index (κ2) is 11.7. The Labute approximate surface area is 240 Å². The van der Waals surface area contributed by atoms with Gasteiger partial charge in [-0.2, -0.15) is 4.98 Å². The Balaban J connectivity index is 1.64. The van der Waals surface area contributed by atoms with Crippen molar-refractivity contribution >= 4 is 28.9 Å². The lowest BCUT2D eigenvalue weighted by Crippen LogP contribution is -2.57. The van der Waals surface area contributed by atoms with E-state index in [2.05, 4.69) is 5.32 Å². The van der Waals surface area contributed by atoms with E-state index in [0.29, 0.717) is 22.6 Å². The highest BCUT2D eigenvalue weighted by Crippen LogP contribution is 2.32. The second-order valence-corrected chi connectivity index (χ2v) is 12.2. The lowest BCUT2D eigenvalue weighted by molar-refractivity contribution is -0.152. The standard InChI is InChI=1S/C31H38N4O6/c1-30(2,3)24(33-29(38)41-31(4,5)6)27(36)35-18-20(17-23(35)28(37)39-7)40-26-21-15-11-12-16-22(21)32-25(34-26)19-13-9-8-10-14-19/h8-16,20,23-24H,17-18H2,1-7H3,(H,33,38)/t20-,23+,24-/m1/s1. The molecule has 0 radical (unpaired) electrons. The van der Waals surface area contributed by atoms with Crippen molar-refractivity contribution in [1.29, 1.82) is 0 Å². The number of ether oxygens (including phenoxy) is 3. The van der Waals surface area contributed by atoms with Crippen LogP contribution in [0, 0.1) is 5.41 Å². The third kappa shape index (κ3) is 7.11. The minimum atomic E-state index is -0.965. The smallest absolute Gasteiger partial charge is 0.408 e. The molecule has 41 heavy (non-hydrogen) atoms. The van der Waals surface area contributed by atoms with Crippen LogP contribution in [0.25, 0.3) is 22.3 Å². The molecule has 0 unspecified atom stereocenters. The number of para-hydroxylation sites is 1. The van der Waals surface area contributed by atoms with Crippen LogP contribution in [-0.2, 0) is 19.1 Å². The van der Waals surface area contributed by atoms with Gasteiger partial charge in [0.2, 0.25) is 11.8 Å². The van der Waals surface area contributed by atoms with E-state index in [9.17, 15) is 14.4 Å². The molecule has 10 nitrogen and oxygen atoms in total. The maximum Gasteiger partial charge on any atom is 0.408 e. The first-order valence-electron chi connectivity index (χ1n) is 13.6. The summed E-state index contributed by atoms with van der Waals surface area (Å²) in [4.78, 5) is 50.3. The monoisotopic (exact) mass is 562 g/mol. The summed E-state index contributed by atoms with van der Waals surface area (Å²) < 4.78 is 16.9. The van der Waals surface area contributed by atoms with Crippen LogP contribution in [0.1, 0.15) is 48.0 Å². The molecule has 2 heterocycles. The number of alkyl carbamates (subject to hydrolysis) is 1. The van der Waals surface area contributed by atoms with Crippen LogP contribution in [0.3, 0.4) is 0 Å². The number of esters is 1. The first kappa shape index (κ1) is 29.8. The second-order valence-electron chi connectivity index (χ2n) is 12.2. The van der Waals surface area contributed by atoms with E-state index in [-0.39, 0.29) is 13.0 Å². The van der Waals surface area contributed by atoms with Gasteiger partial charge in [0.25, 0.3) is 0 Å². The van der Waals surface area contributed by atoms with Crippen LogP contribution >= 0.6 is 0 Å². The van der Waals surface area contributed by atoms with E-state index in [1.54, 1.807) is 20.8 Å². The molecule has 218 valence electrons. The van der Waals surface area contributed by atoms with Gasteiger partial charge in [0.1, 0.15) is 23.8 Å². The molecule has 1 saturated heterocycles. The highest BCUT2D eigenvalue weighted by molar-refractivity contribution is 5.91. The van der Waals surface area contributed by atoms with Crippen molar-refractivity contribution in [3.8, 4) is 17.3 Å². The zero-order valence-electron chi connectivity index (χ0n) is 24.6. The fraction of sp³-hybridized carbons (Fsp3) is 0.452. The molecule has 3 aromatic rings. The van der Waals surface area contributed by atoms with Crippen LogP contribution < -0.4 is 10.1 Å². The van der Waals surface area contributed by atoms with Crippen LogP contribution in [0.5, 0.6) is 5.88 Å². The molecule has 10 heteroatoms. The Bertz CT molecular complexity index is 1410. The van der Waals surface area contributed by atoms with Crippen LogP contribution in [0.2, 0.25) is 0 Å². The maximum atomic E-state index is 13.9. The van der Waals surface area contributed by atoms with Gasteiger partial charge in [0.15, 0.2) is 5.82 Å². The molecule has 1 aromatic heterocycles. The summed E-state index contributed by atoms with van der Waals surface area (Å²) in [6.07, 6.45) is -1.08. The molecule has 1 aliphatic heterocycles. The number of fused-ring (bicyclic) bond motifs is 1. The van der Waals surface area contributed by atoms with Crippen LogP contribution in [0.4, 0.5) is 4.79 Å². The number of likely N-dealkylation sites (tertiary alicyclic amines) is 1. The van der Waals surface area contributed by atoms with Crippen molar-refractivity contribution in [3.63, 3.8) is 0 Å². The number of hydrogen-bond acceptors (Lipinski definition) is 8. The topological polar surface area (TPSA) is 120 Å². The van der Waals surface area contributed by atoms with Gasteiger partial charge in [-0.25, -0.2) is 14.6 Å². The summed E-state index contributed by atoms with van der Waals surface area (Å²) in [5, 5.41) is 3.43. The maximum absolute atomic E-state index is 13.9. The average Bonchev–Trinajstić information content (AvgIpc) is 3.33. The predicted molar refractivity (Wildman–Crippen MR) is 154 cm³/mol. The molecule has 3 atom stereocenters. The summed E-state index contributed by atoms with van der Waals surface area (Å²) in [5.74, 6) is -0.130. The SMILES string of the molecule is COC(=O)[C@@H]1C[C@@H](Oc2nc(-c3ccccc3)nc3ccccc23)CN1C(=O)[C@@H](NC(=O)OC(C)(C)C)C(C)(C)C. The summed E-state index contributed by atoms with van der Waals surface area (Å²) in [7, 11) is 1.28. The van der Waals surface area contributed by atoms with Crippen molar-refractivity contribution in [2.75, 3.05) is 13.7 Å². The van der Waals surface area contributed by atoms with Gasteiger partial charge < -0.3 is 24.4 Å². The molecule has 2 aromatic carbocycles. The van der Waals surface area contributed by atoms with E-state index in [0.717, 1.165) is 5.56 Å². The Kier molecular flexibility index (Phi) is 8.51. The lowest BCUT2D eigenvalue weighted by atomic mass is 9.85. The Hall–Kier alpha value is -4.21. The molecule has 1 aliphatic rings. The number of rotatable bonds is 6. The summed E-state index contributed by atoms with van der Waals surface area (Å²) in [6, 6.07) is 15.2. The van der Waals surface area contributed by atoms with Crippen LogP contribution in [0.15, 0.2) is 54.6 Å². The summed E-state index contributed by atoms with van der Waals surface area (Å²) in [6.45, 7) is 10.8. The number of amides is 2. The third-order valence-corrected chi connectivity index (χ3v) is 6.67. The van der Waals surface area contributed by atoms with Gasteiger partial charge in [-0.3, -0.25) is 4.79 Å². The van der Waals surface area contributed by atoms with Crippen molar-refractivity contribution in [3.05, 3.63) is 54.6 Å². The van der Waals surface area contributed by atoms with Crippen molar-refractivity contribution in [1.82, 2.24) is 20.2 Å². The van der Waals surface area contributed by atoms with Gasteiger partial charge in [-0.05, 0) is 38.3 Å². The number of carbonyl (C=O) groups is 3. The first-order chi connectivity index (χ1) is 19.3. The molecule has 0 bridgehead atoms. The van der Waals surface area contributed by atoms with E-state index in [1.807, 2.05) is 75.4 Å². The highest BCUT2D eigenvalue weighted by atomic mass is 16.6. The minimum Gasteiger partial charge on any atom is -0.472 e. The first-order valence-corrected chi connectivity index (χ1v) is 13.6. The Morgan fingerprint density at radius 1 is 0.951 bits per heavy atom. The van der Waals surface area contributed by atoms with Crippen molar-refractivity contribution in [2.45, 2.75) is 71.8 Å². The fourth-order valence-electron chi connectivity index (χ4n) is 4.74. The quantitative estimate of drug-likeness (QED) is 0.427. The van der Waals surface area contributed by atoms with E-state index in [4.69, 9.17) is 24.2 Å². The number of carbonyl (C=O) groups excluding carboxylic acids is 3. The van der Waals surface area contributed by atoms with Gasteiger partial charge >= 0.3 is 12.1 Å². The van der Waals surface area contributed by atoms with Crippen molar-refractivity contribution in [2.24, 2.45) is 5.41 Å². The number of nitrogens with zero attached hydrogens (tertiary/aromatic N) is 3. The zero-order valence-corrected chi connectivity index (χ0v) is 24.6. The summed E-state index contributed by atoms with van der Waals surface area (Å²) in [5.41, 5.74) is 0.123. The number of aromatic nitrogens is 2. The largest absolute Gasteiger partial charge is 0.472 e. The lowest BCUT2D eigenvalue weighted by Gasteiger charge is -2.35. The van der Waals surface area contributed by atoms with E-state index in [1.165, 1.54) is 12.0 Å². The molecular weight excluding hydrogens is 524 g/mol. The number of hydrogen-bond donors (Lipinski definition) is 1. The van der Waals surface area contributed by atoms with Crippen molar-refractivity contribution < 1.29 is 28.6 Å². The zero-order chi connectivity index (χ0) is 29.9. The van der Waals surface area contributed by atoms with Gasteiger partial charge in [-0.1, -0.05) is 63.2 Å². The normalized spacial score (nSPS) is 18.1. The van der Waals surface area contributed by atoms with Crippen LogP contribution in [-0.4, -0.2) is 70.3 Å². The van der Waals surface area contributed by atoms with Gasteiger partial charge in [0.05, 0.1) is 24.6 Å². The number of benzene rings is 2. The molecule has 2 amide bonds. The molecule has 0 saturated carbocycles. The summed E-state index contributed by atoms with van der Waals surface area (Å²) >= 11 is 0. The number of nitrogens with one attached hydrogen (secondary N) is 1. The number of methoxy groups -OCH3 is 1. The van der Waals surface area contributed by atoms with Gasteiger partial charge in [0, 0.05) is 12.0 Å². The molecule has 0 aliphatic carbocycles. The third-order valence-electron chi connectivity index (χ3n) is 6.67. The van der Waals surface area contributed by atoms with E-state index >= 15 is 0 Å². The fourth-order valence-corrected chi connectivity index (χ4v) is 4.74. The Morgan fingerprint density at radius 3 is 2.24 bits per heavy atom. The Morgan fingerprint density at radius 2 is 1.61 bits per heavy atom. The van der Waals surface area contributed by atoms with E-state index < -0.39 is 47.2 Å². The molecule has 0 spiro atoms. The minimum absolute atomic E-state index is 0.0974. The van der Waals surface area contributed by atoms with Gasteiger partial charge in [-0.15, -0.1) is 0 Å². The average molecular weight is 563 g/mol. The predicted octanol–water partition coefficient (Wildman–Crippen LogP) is 4.76. The highest BCUT2D eigenvalue weighted by Gasteiger charge is 2.46. The molecule has 1 fully saturated rings. The molecule has 1 N–H and O–H groups in total.